The van der Waals surface area contributed by atoms with Crippen LogP contribution in [-0.2, 0) is 4.74 Å². The highest BCUT2D eigenvalue weighted by molar-refractivity contribution is 5.90. The van der Waals surface area contributed by atoms with Gasteiger partial charge in [-0.15, -0.1) is 5.73 Å². The predicted octanol–water partition coefficient (Wildman–Crippen LogP) is 2.28. The fourth-order valence-electron chi connectivity index (χ4n) is 1.20. The molecule has 1 rings (SSSR count). The van der Waals surface area contributed by atoms with Crippen molar-refractivity contribution in [2.45, 2.75) is 0 Å². The number of benzene rings is 1. The van der Waals surface area contributed by atoms with Gasteiger partial charge in [0, 0.05) is 5.56 Å². The first-order chi connectivity index (χ1) is 7.22. The van der Waals surface area contributed by atoms with Crippen LogP contribution in [0.4, 0.5) is 0 Å². The summed E-state index contributed by atoms with van der Waals surface area (Å²) in [6.45, 7) is 3.47. The Morgan fingerprint density at radius 1 is 1.47 bits per heavy atom. The molecule has 0 atom stereocenters. The Balaban J connectivity index is 3.21. The van der Waals surface area contributed by atoms with E-state index in [1.54, 1.807) is 31.4 Å². The van der Waals surface area contributed by atoms with Crippen LogP contribution in [0, 0.1) is 0 Å². The normalized spacial score (nSPS) is 8.93. The molecule has 0 radical (unpaired) electrons. The van der Waals surface area contributed by atoms with Gasteiger partial charge in [0.25, 0.3) is 0 Å². The Hall–Kier alpha value is -1.99. The first kappa shape index (κ1) is 11.1. The standard InChI is InChI=1S/C12H12O3/c1-4-5-9-8-10(12(13)15-3)6-7-11(9)14-2/h5-8H,1H2,2-3H3. The van der Waals surface area contributed by atoms with Crippen molar-refractivity contribution in [1.82, 2.24) is 0 Å². The summed E-state index contributed by atoms with van der Waals surface area (Å²) in [4.78, 5) is 11.3. The molecule has 78 valence electrons. The molecular weight excluding hydrogens is 192 g/mol. The molecule has 0 amide bonds. The fourth-order valence-corrected chi connectivity index (χ4v) is 1.20. The van der Waals surface area contributed by atoms with Crippen molar-refractivity contribution >= 4 is 12.0 Å². The van der Waals surface area contributed by atoms with E-state index in [1.165, 1.54) is 7.11 Å². The summed E-state index contributed by atoms with van der Waals surface area (Å²) in [5, 5.41) is 0. The summed E-state index contributed by atoms with van der Waals surface area (Å²) in [6.07, 6.45) is 1.64. The molecular formula is C12H12O3. The monoisotopic (exact) mass is 204 g/mol. The van der Waals surface area contributed by atoms with Crippen LogP contribution in [0.25, 0.3) is 6.08 Å². The number of esters is 1. The van der Waals surface area contributed by atoms with Crippen molar-refractivity contribution in [3.8, 4) is 5.75 Å². The number of carbonyl (C=O) groups is 1. The number of hydrogen-bond donors (Lipinski definition) is 0. The molecule has 0 bridgehead atoms. The van der Waals surface area contributed by atoms with Crippen molar-refractivity contribution in [1.29, 1.82) is 0 Å². The van der Waals surface area contributed by atoms with Crippen LogP contribution in [0.1, 0.15) is 15.9 Å². The number of carbonyl (C=O) groups excluding carboxylic acids is 1. The number of methoxy groups -OCH3 is 2. The van der Waals surface area contributed by atoms with Gasteiger partial charge in [-0.1, -0.05) is 6.58 Å². The quantitative estimate of drug-likeness (QED) is 0.559. The van der Waals surface area contributed by atoms with E-state index in [9.17, 15) is 4.79 Å². The third-order valence-corrected chi connectivity index (χ3v) is 1.91. The molecule has 0 N–H and O–H groups in total. The zero-order chi connectivity index (χ0) is 11.3. The molecule has 0 saturated heterocycles. The van der Waals surface area contributed by atoms with E-state index in [4.69, 9.17) is 4.74 Å². The van der Waals surface area contributed by atoms with Crippen LogP contribution in [-0.4, -0.2) is 20.2 Å². The molecule has 15 heavy (non-hydrogen) atoms. The van der Waals surface area contributed by atoms with Gasteiger partial charge in [0.2, 0.25) is 0 Å². The number of rotatable bonds is 3. The molecule has 1 aromatic carbocycles. The van der Waals surface area contributed by atoms with Gasteiger partial charge in [-0.3, -0.25) is 0 Å². The van der Waals surface area contributed by atoms with E-state index < -0.39 is 0 Å². The Morgan fingerprint density at radius 2 is 2.20 bits per heavy atom. The van der Waals surface area contributed by atoms with Crippen molar-refractivity contribution in [2.24, 2.45) is 0 Å². The Kier molecular flexibility index (Phi) is 3.72. The van der Waals surface area contributed by atoms with Crippen LogP contribution in [0.2, 0.25) is 0 Å². The second kappa shape index (κ2) is 5.03. The lowest BCUT2D eigenvalue weighted by molar-refractivity contribution is 0.0600. The summed E-state index contributed by atoms with van der Waals surface area (Å²) in [5.41, 5.74) is 3.85. The highest BCUT2D eigenvalue weighted by Gasteiger charge is 2.08. The average Bonchev–Trinajstić information content (AvgIpc) is 2.28. The second-order valence-corrected chi connectivity index (χ2v) is 2.80. The molecule has 0 aliphatic carbocycles. The Labute approximate surface area is 88.6 Å². The summed E-state index contributed by atoms with van der Waals surface area (Å²) in [7, 11) is 2.91. The minimum Gasteiger partial charge on any atom is -0.496 e. The first-order valence-electron chi connectivity index (χ1n) is 4.35. The smallest absolute Gasteiger partial charge is 0.337 e. The predicted molar refractivity (Wildman–Crippen MR) is 57.9 cm³/mol. The summed E-state index contributed by atoms with van der Waals surface area (Å²) >= 11 is 0. The third kappa shape index (κ3) is 2.48. The Morgan fingerprint density at radius 3 is 2.73 bits per heavy atom. The molecule has 0 unspecified atom stereocenters. The molecule has 0 saturated carbocycles. The maximum atomic E-state index is 11.3. The van der Waals surface area contributed by atoms with Gasteiger partial charge in [0.1, 0.15) is 5.75 Å². The van der Waals surface area contributed by atoms with E-state index >= 15 is 0 Å². The highest BCUT2D eigenvalue weighted by atomic mass is 16.5. The average molecular weight is 204 g/mol. The van der Waals surface area contributed by atoms with Crippen LogP contribution >= 0.6 is 0 Å². The number of hydrogen-bond acceptors (Lipinski definition) is 3. The minimum absolute atomic E-state index is 0.378. The van der Waals surface area contributed by atoms with E-state index in [-0.39, 0.29) is 5.97 Å². The third-order valence-electron chi connectivity index (χ3n) is 1.91. The lowest BCUT2D eigenvalue weighted by Gasteiger charge is -2.05. The first-order valence-corrected chi connectivity index (χ1v) is 4.35. The van der Waals surface area contributed by atoms with Gasteiger partial charge < -0.3 is 9.47 Å². The van der Waals surface area contributed by atoms with Crippen molar-refractivity contribution in [3.63, 3.8) is 0 Å². The maximum Gasteiger partial charge on any atom is 0.337 e. The van der Waals surface area contributed by atoms with Crippen LogP contribution in [0.5, 0.6) is 5.75 Å². The van der Waals surface area contributed by atoms with Gasteiger partial charge in [-0.05, 0) is 24.3 Å². The maximum absolute atomic E-state index is 11.3. The van der Waals surface area contributed by atoms with E-state index in [0.29, 0.717) is 11.3 Å². The zero-order valence-corrected chi connectivity index (χ0v) is 8.74. The molecule has 1 aromatic rings. The molecule has 0 aliphatic heterocycles. The molecule has 0 heterocycles. The molecule has 3 heteroatoms. The molecule has 0 spiro atoms. The summed E-state index contributed by atoms with van der Waals surface area (Å²) in [6, 6.07) is 5.02. The molecule has 0 aliphatic rings. The largest absolute Gasteiger partial charge is 0.496 e. The fraction of sp³-hybridized carbons (Fsp3) is 0.167. The molecule has 3 nitrogen and oxygen atoms in total. The van der Waals surface area contributed by atoms with Gasteiger partial charge >= 0.3 is 5.97 Å². The lowest BCUT2D eigenvalue weighted by Crippen LogP contribution is -2.01. The molecule has 0 aromatic heterocycles. The van der Waals surface area contributed by atoms with Crippen molar-refractivity contribution in [2.75, 3.05) is 14.2 Å². The topological polar surface area (TPSA) is 35.5 Å². The van der Waals surface area contributed by atoms with E-state index in [1.807, 2.05) is 0 Å². The van der Waals surface area contributed by atoms with Crippen LogP contribution in [0.3, 0.4) is 0 Å². The number of ether oxygens (including phenoxy) is 2. The van der Waals surface area contributed by atoms with Gasteiger partial charge in [-0.2, -0.15) is 0 Å². The zero-order valence-electron chi connectivity index (χ0n) is 8.74. The van der Waals surface area contributed by atoms with Crippen LogP contribution in [0.15, 0.2) is 30.5 Å². The SMILES string of the molecule is C=C=Cc1cc(C(=O)OC)ccc1OC. The summed E-state index contributed by atoms with van der Waals surface area (Å²) in [5.74, 6) is 0.287. The second-order valence-electron chi connectivity index (χ2n) is 2.80. The minimum atomic E-state index is -0.378. The van der Waals surface area contributed by atoms with Gasteiger partial charge in [-0.25, -0.2) is 4.79 Å². The molecule has 0 fully saturated rings. The van der Waals surface area contributed by atoms with Crippen molar-refractivity contribution < 1.29 is 14.3 Å². The highest BCUT2D eigenvalue weighted by Crippen LogP contribution is 2.21. The lowest BCUT2D eigenvalue weighted by atomic mass is 10.1. The Bertz CT molecular complexity index is 415. The van der Waals surface area contributed by atoms with Crippen molar-refractivity contribution in [3.05, 3.63) is 41.6 Å². The summed E-state index contributed by atoms with van der Waals surface area (Å²) < 4.78 is 9.73. The van der Waals surface area contributed by atoms with Gasteiger partial charge in [0.15, 0.2) is 0 Å². The van der Waals surface area contributed by atoms with E-state index in [0.717, 1.165) is 5.56 Å². The van der Waals surface area contributed by atoms with Gasteiger partial charge in [0.05, 0.1) is 19.8 Å². The van der Waals surface area contributed by atoms with E-state index in [2.05, 4.69) is 17.0 Å². The van der Waals surface area contributed by atoms with Crippen LogP contribution < -0.4 is 4.74 Å².